The van der Waals surface area contributed by atoms with Crippen LogP contribution in [-0.4, -0.2) is 21.8 Å². The molecule has 0 aromatic carbocycles. The first-order chi connectivity index (χ1) is 9.19. The zero-order chi connectivity index (χ0) is 13.4. The van der Waals surface area contributed by atoms with Gasteiger partial charge < -0.3 is 9.26 Å². The standard InChI is InChI=1S/C12H11N3O3S/c1-7-5-19-11-10(7)12(16)15(6-13-11)4-8-3-9(17-2)14-18-8/h3,5-6H,4H2,1-2H3. The number of hydrogen-bond acceptors (Lipinski definition) is 6. The van der Waals surface area contributed by atoms with Gasteiger partial charge >= 0.3 is 0 Å². The van der Waals surface area contributed by atoms with E-state index in [4.69, 9.17) is 9.26 Å². The molecule has 0 aliphatic rings. The summed E-state index contributed by atoms with van der Waals surface area (Å²) in [5.74, 6) is 0.941. The van der Waals surface area contributed by atoms with E-state index < -0.39 is 0 Å². The summed E-state index contributed by atoms with van der Waals surface area (Å²) in [6, 6.07) is 1.65. The molecule has 0 radical (unpaired) electrons. The van der Waals surface area contributed by atoms with E-state index in [2.05, 4.69) is 10.1 Å². The summed E-state index contributed by atoms with van der Waals surface area (Å²) in [6.07, 6.45) is 1.52. The van der Waals surface area contributed by atoms with Gasteiger partial charge in [-0.15, -0.1) is 11.3 Å². The highest BCUT2D eigenvalue weighted by atomic mass is 32.1. The van der Waals surface area contributed by atoms with Crippen molar-refractivity contribution in [3.05, 3.63) is 39.5 Å². The summed E-state index contributed by atoms with van der Waals surface area (Å²) in [6.45, 7) is 2.19. The maximum absolute atomic E-state index is 12.3. The second-order valence-corrected chi connectivity index (χ2v) is 4.97. The molecule has 0 amide bonds. The highest BCUT2D eigenvalue weighted by Gasteiger charge is 2.11. The van der Waals surface area contributed by atoms with Crippen LogP contribution in [0.3, 0.4) is 0 Å². The summed E-state index contributed by atoms with van der Waals surface area (Å²) in [5, 5.41) is 6.30. The fourth-order valence-electron chi connectivity index (χ4n) is 1.85. The quantitative estimate of drug-likeness (QED) is 0.730. The second kappa shape index (κ2) is 4.51. The van der Waals surface area contributed by atoms with Crippen LogP contribution in [-0.2, 0) is 6.54 Å². The number of aromatic nitrogens is 3. The Morgan fingerprint density at radius 1 is 1.53 bits per heavy atom. The third-order valence-electron chi connectivity index (χ3n) is 2.82. The van der Waals surface area contributed by atoms with E-state index in [1.807, 2.05) is 12.3 Å². The molecule has 0 fully saturated rings. The lowest BCUT2D eigenvalue weighted by Gasteiger charge is -2.01. The monoisotopic (exact) mass is 277 g/mol. The van der Waals surface area contributed by atoms with Crippen molar-refractivity contribution in [2.75, 3.05) is 7.11 Å². The van der Waals surface area contributed by atoms with E-state index in [1.54, 1.807) is 6.07 Å². The largest absolute Gasteiger partial charge is 0.479 e. The van der Waals surface area contributed by atoms with Crippen molar-refractivity contribution in [3.8, 4) is 5.88 Å². The zero-order valence-corrected chi connectivity index (χ0v) is 11.2. The van der Waals surface area contributed by atoms with Crippen LogP contribution in [0.2, 0.25) is 0 Å². The van der Waals surface area contributed by atoms with Gasteiger partial charge in [-0.1, -0.05) is 0 Å². The number of hydrogen-bond donors (Lipinski definition) is 0. The second-order valence-electron chi connectivity index (χ2n) is 4.11. The van der Waals surface area contributed by atoms with Crippen molar-refractivity contribution in [1.29, 1.82) is 0 Å². The van der Waals surface area contributed by atoms with Crippen molar-refractivity contribution in [3.63, 3.8) is 0 Å². The molecule has 0 saturated carbocycles. The predicted molar refractivity (Wildman–Crippen MR) is 70.8 cm³/mol. The number of aryl methyl sites for hydroxylation is 1. The molecule has 0 saturated heterocycles. The van der Waals surface area contributed by atoms with E-state index in [0.717, 1.165) is 10.4 Å². The number of methoxy groups -OCH3 is 1. The minimum absolute atomic E-state index is 0.0703. The summed E-state index contributed by atoms with van der Waals surface area (Å²) in [5.41, 5.74) is 0.876. The summed E-state index contributed by atoms with van der Waals surface area (Å²) in [7, 11) is 1.51. The van der Waals surface area contributed by atoms with Gasteiger partial charge in [-0.3, -0.25) is 9.36 Å². The minimum Gasteiger partial charge on any atom is -0.479 e. The van der Waals surface area contributed by atoms with Crippen LogP contribution in [0.1, 0.15) is 11.3 Å². The molecule has 0 aliphatic heterocycles. The maximum atomic E-state index is 12.3. The van der Waals surface area contributed by atoms with Crippen LogP contribution in [0.5, 0.6) is 5.88 Å². The topological polar surface area (TPSA) is 70.2 Å². The van der Waals surface area contributed by atoms with E-state index in [1.165, 1.54) is 29.3 Å². The van der Waals surface area contributed by atoms with Crippen LogP contribution in [0, 0.1) is 6.92 Å². The minimum atomic E-state index is -0.0703. The Hall–Kier alpha value is -2.15. The Labute approximate surface area is 112 Å². The number of nitrogens with zero attached hydrogens (tertiary/aromatic N) is 3. The third-order valence-corrected chi connectivity index (χ3v) is 3.82. The average molecular weight is 277 g/mol. The molecule has 19 heavy (non-hydrogen) atoms. The first-order valence-corrected chi connectivity index (χ1v) is 6.50. The summed E-state index contributed by atoms with van der Waals surface area (Å²) in [4.78, 5) is 17.4. The van der Waals surface area contributed by atoms with Crippen molar-refractivity contribution in [2.24, 2.45) is 0 Å². The average Bonchev–Trinajstić information content (AvgIpc) is 3.00. The van der Waals surface area contributed by atoms with E-state index in [0.29, 0.717) is 17.0 Å². The molecule has 0 atom stereocenters. The lowest BCUT2D eigenvalue weighted by Crippen LogP contribution is -2.20. The van der Waals surface area contributed by atoms with Crippen LogP contribution in [0.4, 0.5) is 0 Å². The van der Waals surface area contributed by atoms with Gasteiger partial charge in [-0.25, -0.2) is 4.98 Å². The third kappa shape index (κ3) is 2.01. The Morgan fingerprint density at radius 2 is 2.37 bits per heavy atom. The molecule has 0 aliphatic carbocycles. The first-order valence-electron chi connectivity index (χ1n) is 5.62. The molecule has 98 valence electrons. The van der Waals surface area contributed by atoms with E-state index >= 15 is 0 Å². The van der Waals surface area contributed by atoms with E-state index in [9.17, 15) is 4.79 Å². The molecule has 3 aromatic heterocycles. The number of ether oxygens (including phenoxy) is 1. The molecule has 0 N–H and O–H groups in total. The van der Waals surface area contributed by atoms with Crippen LogP contribution in [0.15, 0.2) is 27.1 Å². The van der Waals surface area contributed by atoms with Gasteiger partial charge in [-0.05, 0) is 23.0 Å². The predicted octanol–water partition coefficient (Wildman–Crippen LogP) is 1.81. The smallest absolute Gasteiger partial charge is 0.262 e. The Bertz CT molecular complexity index is 787. The Kier molecular flexibility index (Phi) is 2.83. The van der Waals surface area contributed by atoms with Crippen LogP contribution >= 0.6 is 11.3 Å². The number of fused-ring (bicyclic) bond motifs is 1. The molecule has 0 bridgehead atoms. The number of thiophene rings is 1. The summed E-state index contributed by atoms with van der Waals surface area (Å²) < 4.78 is 11.5. The molecular weight excluding hydrogens is 266 g/mol. The van der Waals surface area contributed by atoms with Crippen molar-refractivity contribution in [2.45, 2.75) is 13.5 Å². The van der Waals surface area contributed by atoms with Crippen molar-refractivity contribution in [1.82, 2.24) is 14.7 Å². The van der Waals surface area contributed by atoms with Crippen LogP contribution in [0.25, 0.3) is 10.2 Å². The Morgan fingerprint density at radius 3 is 3.11 bits per heavy atom. The molecule has 3 heterocycles. The normalized spacial score (nSPS) is 11.1. The van der Waals surface area contributed by atoms with Gasteiger partial charge in [0, 0.05) is 6.07 Å². The van der Waals surface area contributed by atoms with Crippen molar-refractivity contribution < 1.29 is 9.26 Å². The zero-order valence-electron chi connectivity index (χ0n) is 10.4. The molecule has 6 nitrogen and oxygen atoms in total. The Balaban J connectivity index is 2.03. The van der Waals surface area contributed by atoms with E-state index in [-0.39, 0.29) is 12.1 Å². The molecule has 0 spiro atoms. The van der Waals surface area contributed by atoms with Gasteiger partial charge in [0.2, 0.25) is 0 Å². The van der Waals surface area contributed by atoms with Gasteiger partial charge in [0.25, 0.3) is 11.4 Å². The van der Waals surface area contributed by atoms with Gasteiger partial charge in [0.15, 0.2) is 5.76 Å². The molecule has 7 heteroatoms. The fraction of sp³-hybridized carbons (Fsp3) is 0.250. The lowest BCUT2D eigenvalue weighted by atomic mass is 10.3. The fourth-order valence-corrected chi connectivity index (χ4v) is 2.73. The molecule has 3 rings (SSSR count). The molecule has 3 aromatic rings. The lowest BCUT2D eigenvalue weighted by molar-refractivity contribution is 0.323. The highest BCUT2D eigenvalue weighted by Crippen LogP contribution is 2.19. The number of rotatable bonds is 3. The highest BCUT2D eigenvalue weighted by molar-refractivity contribution is 7.16. The van der Waals surface area contributed by atoms with Crippen LogP contribution < -0.4 is 10.3 Å². The van der Waals surface area contributed by atoms with Gasteiger partial charge in [-0.2, -0.15) is 0 Å². The van der Waals surface area contributed by atoms with Gasteiger partial charge in [0.05, 0.1) is 25.4 Å². The first kappa shape index (κ1) is 11.9. The van der Waals surface area contributed by atoms with Crippen molar-refractivity contribution >= 4 is 21.6 Å². The molecule has 0 unspecified atom stereocenters. The SMILES string of the molecule is COc1cc(Cn2cnc3scc(C)c3c2=O)on1. The summed E-state index contributed by atoms with van der Waals surface area (Å²) >= 11 is 1.47. The maximum Gasteiger partial charge on any atom is 0.262 e. The van der Waals surface area contributed by atoms with Gasteiger partial charge in [0.1, 0.15) is 4.83 Å². The molecular formula is C12H11N3O3S.